The Labute approximate surface area is 213 Å². The van der Waals surface area contributed by atoms with Gasteiger partial charge in [0.05, 0.1) is 6.42 Å². The standard InChI is InChI=1S/C22H29N3O6S2.ClH/c1-4-24(5-2)8-9-30-22(29)19-15(12-31-14(3)26)13-33-21-18(20(28)25(19)21)23-17(27)11-16-7-6-10-32-16;/h6-7,10,18,21H,4-5,8-9,11-13H2,1-3H3,(H,23,27);1H/t18-,21-;/m1./s1. The molecule has 3 heterocycles. The van der Waals surface area contributed by atoms with E-state index >= 15 is 0 Å². The number of fused-ring (bicyclic) bond motifs is 1. The number of thioether (sulfide) groups is 1. The van der Waals surface area contributed by atoms with Crippen molar-refractivity contribution in [2.45, 2.75) is 38.6 Å². The van der Waals surface area contributed by atoms with Crippen LogP contribution in [0.5, 0.6) is 0 Å². The third-order valence-corrected chi connectivity index (χ3v) is 7.67. The predicted molar refractivity (Wildman–Crippen MR) is 133 cm³/mol. The van der Waals surface area contributed by atoms with Gasteiger partial charge in [-0.15, -0.1) is 35.5 Å². The van der Waals surface area contributed by atoms with Gasteiger partial charge in [0.15, 0.2) is 0 Å². The summed E-state index contributed by atoms with van der Waals surface area (Å²) >= 11 is 2.90. The van der Waals surface area contributed by atoms with Crippen LogP contribution in [0.15, 0.2) is 28.8 Å². The molecule has 2 aliphatic rings. The Morgan fingerprint density at radius 1 is 1.24 bits per heavy atom. The van der Waals surface area contributed by atoms with E-state index < -0.39 is 23.4 Å². The van der Waals surface area contributed by atoms with Gasteiger partial charge in [-0.2, -0.15) is 0 Å². The van der Waals surface area contributed by atoms with Crippen molar-refractivity contribution in [3.63, 3.8) is 0 Å². The van der Waals surface area contributed by atoms with Crippen molar-refractivity contribution >= 4 is 59.3 Å². The summed E-state index contributed by atoms with van der Waals surface area (Å²) in [6, 6.07) is 3.02. The molecule has 1 saturated heterocycles. The Hall–Kier alpha value is -2.08. The molecule has 1 fully saturated rings. The molecule has 0 bridgehead atoms. The minimum Gasteiger partial charge on any atom is -0.461 e. The van der Waals surface area contributed by atoms with Crippen molar-refractivity contribution in [3.05, 3.63) is 33.7 Å². The van der Waals surface area contributed by atoms with Crippen LogP contribution < -0.4 is 5.32 Å². The van der Waals surface area contributed by atoms with Gasteiger partial charge in [0.25, 0.3) is 5.91 Å². The summed E-state index contributed by atoms with van der Waals surface area (Å²) in [5.41, 5.74) is 0.643. The van der Waals surface area contributed by atoms with E-state index in [1.807, 2.05) is 31.4 Å². The van der Waals surface area contributed by atoms with Gasteiger partial charge in [-0.25, -0.2) is 4.79 Å². The maximum Gasteiger partial charge on any atom is 0.355 e. The Morgan fingerprint density at radius 3 is 2.59 bits per heavy atom. The Kier molecular flexibility index (Phi) is 10.9. The summed E-state index contributed by atoms with van der Waals surface area (Å²) in [5, 5.41) is 4.28. The first-order valence-corrected chi connectivity index (χ1v) is 12.8. The fourth-order valence-electron chi connectivity index (χ4n) is 3.64. The first-order valence-electron chi connectivity index (χ1n) is 10.9. The molecule has 34 heavy (non-hydrogen) atoms. The van der Waals surface area contributed by atoms with E-state index in [2.05, 4.69) is 10.2 Å². The van der Waals surface area contributed by atoms with E-state index in [-0.39, 0.29) is 49.6 Å². The number of β-lactam (4-membered cyclic amide) rings is 1. The lowest BCUT2D eigenvalue weighted by molar-refractivity contribution is -0.153. The molecular formula is C22H30ClN3O6S2. The lowest BCUT2D eigenvalue weighted by Crippen LogP contribution is -2.70. The van der Waals surface area contributed by atoms with Crippen molar-refractivity contribution in [1.29, 1.82) is 0 Å². The summed E-state index contributed by atoms with van der Waals surface area (Å²) < 4.78 is 10.6. The number of amides is 2. The maximum atomic E-state index is 13.0. The highest BCUT2D eigenvalue weighted by Crippen LogP contribution is 2.40. The second kappa shape index (κ2) is 13.1. The number of nitrogens with one attached hydrogen (secondary N) is 1. The number of nitrogens with zero attached hydrogens (tertiary/aromatic N) is 2. The summed E-state index contributed by atoms with van der Waals surface area (Å²) in [6.07, 6.45) is 0.201. The van der Waals surface area contributed by atoms with Gasteiger partial charge >= 0.3 is 11.9 Å². The largest absolute Gasteiger partial charge is 0.461 e. The van der Waals surface area contributed by atoms with Crippen LogP contribution in [0.1, 0.15) is 25.6 Å². The predicted octanol–water partition coefficient (Wildman–Crippen LogP) is 1.81. The van der Waals surface area contributed by atoms with Crippen molar-refractivity contribution in [3.8, 4) is 0 Å². The van der Waals surface area contributed by atoms with Gasteiger partial charge < -0.3 is 19.7 Å². The molecule has 1 N–H and O–H groups in total. The average Bonchev–Trinajstić information content (AvgIpc) is 3.30. The van der Waals surface area contributed by atoms with E-state index in [4.69, 9.17) is 9.47 Å². The van der Waals surface area contributed by atoms with Gasteiger partial charge in [-0.05, 0) is 24.5 Å². The molecule has 1 aromatic heterocycles. The van der Waals surface area contributed by atoms with Crippen molar-refractivity contribution in [2.24, 2.45) is 0 Å². The molecule has 2 amide bonds. The number of carbonyl (C=O) groups is 4. The van der Waals surface area contributed by atoms with E-state index in [9.17, 15) is 19.2 Å². The molecule has 0 spiro atoms. The van der Waals surface area contributed by atoms with Gasteiger partial charge in [0.1, 0.15) is 30.3 Å². The van der Waals surface area contributed by atoms with Crippen LogP contribution in [-0.2, 0) is 35.1 Å². The van der Waals surface area contributed by atoms with Gasteiger partial charge in [-0.1, -0.05) is 19.9 Å². The molecule has 0 saturated carbocycles. The monoisotopic (exact) mass is 531 g/mol. The van der Waals surface area contributed by atoms with Gasteiger partial charge in [0, 0.05) is 29.7 Å². The Morgan fingerprint density at radius 2 is 1.97 bits per heavy atom. The molecule has 9 nitrogen and oxygen atoms in total. The second-order valence-electron chi connectivity index (χ2n) is 7.61. The number of hydrogen-bond acceptors (Lipinski definition) is 9. The second-order valence-corrected chi connectivity index (χ2v) is 9.74. The molecule has 0 radical (unpaired) electrons. The third-order valence-electron chi connectivity index (χ3n) is 5.46. The summed E-state index contributed by atoms with van der Waals surface area (Å²) in [5.74, 6) is -1.32. The number of ether oxygens (including phenoxy) is 2. The quantitative estimate of drug-likeness (QED) is 0.340. The van der Waals surface area contributed by atoms with E-state index in [0.717, 1.165) is 18.0 Å². The minimum absolute atomic E-state index is 0. The normalized spacial score (nSPS) is 19.2. The number of esters is 2. The Bertz CT molecular complexity index is 920. The molecule has 3 rings (SSSR count). The molecule has 188 valence electrons. The number of hydrogen-bond donors (Lipinski definition) is 1. The zero-order valence-electron chi connectivity index (χ0n) is 19.4. The maximum absolute atomic E-state index is 13.0. The molecule has 2 atom stereocenters. The molecular weight excluding hydrogens is 502 g/mol. The lowest BCUT2D eigenvalue weighted by Gasteiger charge is -2.49. The first kappa shape index (κ1) is 28.2. The minimum atomic E-state index is -0.712. The van der Waals surface area contributed by atoms with E-state index in [1.54, 1.807) is 0 Å². The Balaban J connectivity index is 0.00000408. The zero-order valence-corrected chi connectivity index (χ0v) is 21.9. The molecule has 0 aliphatic carbocycles. The smallest absolute Gasteiger partial charge is 0.355 e. The number of thiophene rings is 1. The van der Waals surface area contributed by atoms with Crippen molar-refractivity contribution in [1.82, 2.24) is 15.1 Å². The lowest BCUT2D eigenvalue weighted by atomic mass is 10.0. The van der Waals surface area contributed by atoms with Crippen LogP contribution in [0.4, 0.5) is 0 Å². The summed E-state index contributed by atoms with van der Waals surface area (Å²) in [7, 11) is 0. The number of carbonyl (C=O) groups excluding carboxylic acids is 4. The van der Waals surface area contributed by atoms with Crippen LogP contribution in [0.2, 0.25) is 0 Å². The SMILES string of the molecule is CCN(CC)CCOC(=O)C1=C(COC(C)=O)CS[C@@H]2[C@H](NC(=O)Cc3cccs3)C(=O)N12.Cl. The fourth-order valence-corrected chi connectivity index (χ4v) is 5.67. The highest BCUT2D eigenvalue weighted by molar-refractivity contribution is 8.00. The van der Waals surface area contributed by atoms with Crippen LogP contribution in [0, 0.1) is 0 Å². The zero-order chi connectivity index (χ0) is 24.0. The van der Waals surface area contributed by atoms with Crippen molar-refractivity contribution < 1.29 is 28.7 Å². The summed E-state index contributed by atoms with van der Waals surface area (Å²) in [4.78, 5) is 54.0. The van der Waals surface area contributed by atoms with Crippen LogP contribution in [0.3, 0.4) is 0 Å². The molecule has 12 heteroatoms. The number of rotatable bonds is 11. The van der Waals surface area contributed by atoms with Crippen LogP contribution >= 0.6 is 35.5 Å². The highest BCUT2D eigenvalue weighted by atomic mass is 35.5. The van der Waals surface area contributed by atoms with Crippen LogP contribution in [-0.4, -0.2) is 83.6 Å². The van der Waals surface area contributed by atoms with E-state index in [0.29, 0.717) is 17.9 Å². The molecule has 1 aromatic rings. The first-order chi connectivity index (χ1) is 15.8. The average molecular weight is 532 g/mol. The molecule has 0 aromatic carbocycles. The summed E-state index contributed by atoms with van der Waals surface area (Å²) in [6.45, 7) is 7.70. The van der Waals surface area contributed by atoms with E-state index in [1.165, 1.54) is 34.9 Å². The number of likely N-dealkylation sites (N-methyl/N-ethyl adjacent to an activating group) is 1. The highest BCUT2D eigenvalue weighted by Gasteiger charge is 2.54. The topological polar surface area (TPSA) is 105 Å². The third kappa shape index (κ3) is 6.74. The molecule has 0 unspecified atom stereocenters. The van der Waals surface area contributed by atoms with Crippen LogP contribution in [0.25, 0.3) is 0 Å². The fraction of sp³-hybridized carbons (Fsp3) is 0.545. The van der Waals surface area contributed by atoms with Gasteiger partial charge in [0.2, 0.25) is 5.91 Å². The van der Waals surface area contributed by atoms with Gasteiger partial charge in [-0.3, -0.25) is 19.3 Å². The molecule has 2 aliphatic heterocycles. The van der Waals surface area contributed by atoms with Crippen molar-refractivity contribution in [2.75, 3.05) is 38.6 Å². The number of halogens is 1.